The third-order valence-electron chi connectivity index (χ3n) is 4.69. The molecule has 1 unspecified atom stereocenters. The van der Waals surface area contributed by atoms with E-state index in [1.807, 2.05) is 39.2 Å². The van der Waals surface area contributed by atoms with Crippen molar-refractivity contribution in [1.82, 2.24) is 9.80 Å². The van der Waals surface area contributed by atoms with Crippen LogP contribution in [0.2, 0.25) is 0 Å². The van der Waals surface area contributed by atoms with Gasteiger partial charge in [-0.25, -0.2) is 0 Å². The summed E-state index contributed by atoms with van der Waals surface area (Å²) in [6.45, 7) is 6.12. The molecule has 0 saturated heterocycles. The van der Waals surface area contributed by atoms with Crippen LogP contribution in [0.15, 0.2) is 18.2 Å². The second kappa shape index (κ2) is 8.68. The van der Waals surface area contributed by atoms with Crippen LogP contribution in [0.5, 0.6) is 5.75 Å². The average Bonchev–Trinajstić information content (AvgIpc) is 2.80. The van der Waals surface area contributed by atoms with Gasteiger partial charge in [0.1, 0.15) is 5.75 Å². The normalized spacial score (nSPS) is 19.6. The first-order valence-electron chi connectivity index (χ1n) is 9.41. The van der Waals surface area contributed by atoms with Gasteiger partial charge in [0.2, 0.25) is 0 Å². The highest BCUT2D eigenvalue weighted by molar-refractivity contribution is 6.02. The second-order valence-corrected chi connectivity index (χ2v) is 7.06. The minimum atomic E-state index is -1.22. The molecule has 1 aliphatic rings. The number of hydrogen-bond donors (Lipinski definition) is 1. The zero-order valence-electron chi connectivity index (χ0n) is 16.0. The number of nitrogens with zero attached hydrogens (tertiary/aromatic N) is 2. The van der Waals surface area contributed by atoms with Crippen LogP contribution in [0.3, 0.4) is 0 Å². The maximum absolute atomic E-state index is 13.1. The molecular formula is C20H32N2O3. The highest BCUT2D eigenvalue weighted by Gasteiger charge is 2.49. The minimum Gasteiger partial charge on any atom is -0.493 e. The van der Waals surface area contributed by atoms with Crippen molar-refractivity contribution in [1.29, 1.82) is 0 Å². The fourth-order valence-electron chi connectivity index (χ4n) is 3.39. The molecule has 1 atom stereocenters. The van der Waals surface area contributed by atoms with Gasteiger partial charge in [0.25, 0.3) is 5.91 Å². The Bertz CT molecular complexity index is 588. The molecule has 0 bridgehead atoms. The number of amides is 1. The molecule has 1 aliphatic heterocycles. The zero-order valence-corrected chi connectivity index (χ0v) is 16.0. The van der Waals surface area contributed by atoms with Crippen LogP contribution in [-0.2, 0) is 5.72 Å². The van der Waals surface area contributed by atoms with E-state index in [-0.39, 0.29) is 5.91 Å². The fourth-order valence-corrected chi connectivity index (χ4v) is 3.39. The first kappa shape index (κ1) is 19.7. The van der Waals surface area contributed by atoms with Gasteiger partial charge in [0.15, 0.2) is 5.72 Å². The maximum Gasteiger partial charge on any atom is 0.260 e. The number of carbonyl (C=O) groups excluding carboxylic acids is 1. The summed E-state index contributed by atoms with van der Waals surface area (Å²) in [5, 5.41) is 11.5. The van der Waals surface area contributed by atoms with Crippen molar-refractivity contribution in [3.05, 3.63) is 29.3 Å². The molecule has 1 aromatic carbocycles. The quantitative estimate of drug-likeness (QED) is 0.705. The molecule has 0 saturated carbocycles. The summed E-state index contributed by atoms with van der Waals surface area (Å²) in [6.07, 6.45) is 4.11. The molecule has 0 fully saturated rings. The van der Waals surface area contributed by atoms with Crippen molar-refractivity contribution in [3.63, 3.8) is 0 Å². The van der Waals surface area contributed by atoms with E-state index in [1.54, 1.807) is 4.90 Å². The molecule has 5 heteroatoms. The Morgan fingerprint density at radius 2 is 1.96 bits per heavy atom. The van der Waals surface area contributed by atoms with Crippen molar-refractivity contribution >= 4 is 5.91 Å². The Kier molecular flexibility index (Phi) is 6.85. The monoisotopic (exact) mass is 348 g/mol. The number of hydrogen-bond acceptors (Lipinski definition) is 4. The molecule has 0 aliphatic carbocycles. The standard InChI is InChI=1S/C20H32N2O3/c1-5-7-12-20(24)16-10-8-11-17(25-15-6-2)18(16)19(23)22(20)14-9-13-21(3)4/h8,10-11,24H,5-7,9,12-15H2,1-4H3. The first-order chi connectivity index (χ1) is 12.0. The number of aliphatic hydroxyl groups is 1. The van der Waals surface area contributed by atoms with Crippen LogP contribution in [0, 0.1) is 0 Å². The third kappa shape index (κ3) is 4.15. The number of fused-ring (bicyclic) bond motifs is 1. The molecular weight excluding hydrogens is 316 g/mol. The highest BCUT2D eigenvalue weighted by atomic mass is 16.5. The summed E-state index contributed by atoms with van der Waals surface area (Å²) >= 11 is 0. The van der Waals surface area contributed by atoms with Gasteiger partial charge in [-0.15, -0.1) is 0 Å². The number of rotatable bonds is 10. The molecule has 1 heterocycles. The molecule has 2 rings (SSSR count). The molecule has 25 heavy (non-hydrogen) atoms. The van der Waals surface area contributed by atoms with Crippen LogP contribution >= 0.6 is 0 Å². The van der Waals surface area contributed by atoms with E-state index < -0.39 is 5.72 Å². The van der Waals surface area contributed by atoms with Gasteiger partial charge in [-0.1, -0.05) is 32.4 Å². The average molecular weight is 348 g/mol. The van der Waals surface area contributed by atoms with Crippen LogP contribution < -0.4 is 4.74 Å². The van der Waals surface area contributed by atoms with Crippen LogP contribution in [-0.4, -0.2) is 54.6 Å². The summed E-state index contributed by atoms with van der Waals surface area (Å²) in [4.78, 5) is 16.8. The highest BCUT2D eigenvalue weighted by Crippen LogP contribution is 2.44. The molecule has 1 aromatic rings. The molecule has 0 aromatic heterocycles. The zero-order chi connectivity index (χ0) is 18.4. The van der Waals surface area contributed by atoms with Crippen molar-refractivity contribution < 1.29 is 14.6 Å². The summed E-state index contributed by atoms with van der Waals surface area (Å²) in [5.41, 5.74) is 0.0177. The van der Waals surface area contributed by atoms with Gasteiger partial charge in [0.05, 0.1) is 12.2 Å². The number of benzene rings is 1. The molecule has 1 N–H and O–H groups in total. The smallest absolute Gasteiger partial charge is 0.260 e. The lowest BCUT2D eigenvalue weighted by molar-refractivity contribution is -0.0920. The number of ether oxygens (including phenoxy) is 1. The van der Waals surface area contributed by atoms with Gasteiger partial charge in [0, 0.05) is 12.1 Å². The van der Waals surface area contributed by atoms with E-state index in [0.29, 0.717) is 36.4 Å². The fraction of sp³-hybridized carbons (Fsp3) is 0.650. The first-order valence-corrected chi connectivity index (χ1v) is 9.41. The van der Waals surface area contributed by atoms with Crippen molar-refractivity contribution in [3.8, 4) is 5.75 Å². The molecule has 0 spiro atoms. The van der Waals surface area contributed by atoms with Crippen molar-refractivity contribution in [2.24, 2.45) is 0 Å². The Balaban J connectivity index is 2.34. The number of carbonyl (C=O) groups is 1. The summed E-state index contributed by atoms with van der Waals surface area (Å²) in [6, 6.07) is 5.57. The van der Waals surface area contributed by atoms with Gasteiger partial charge in [-0.05, 0) is 52.4 Å². The van der Waals surface area contributed by atoms with E-state index in [4.69, 9.17) is 4.74 Å². The van der Waals surface area contributed by atoms with E-state index in [0.717, 1.165) is 32.2 Å². The van der Waals surface area contributed by atoms with Gasteiger partial charge < -0.3 is 19.6 Å². The van der Waals surface area contributed by atoms with E-state index in [2.05, 4.69) is 11.8 Å². The Labute approximate surface area is 151 Å². The van der Waals surface area contributed by atoms with Gasteiger partial charge in [-0.2, -0.15) is 0 Å². The lowest BCUT2D eigenvalue weighted by Gasteiger charge is -2.34. The Hall–Kier alpha value is -1.59. The van der Waals surface area contributed by atoms with Crippen molar-refractivity contribution in [2.75, 3.05) is 33.8 Å². The second-order valence-electron chi connectivity index (χ2n) is 7.06. The van der Waals surface area contributed by atoms with Gasteiger partial charge in [-0.3, -0.25) is 4.79 Å². The Morgan fingerprint density at radius 3 is 2.60 bits per heavy atom. The summed E-state index contributed by atoms with van der Waals surface area (Å²) in [7, 11) is 4.03. The SMILES string of the molecule is CCCCC1(O)c2cccc(OCCC)c2C(=O)N1CCCN(C)C. The summed E-state index contributed by atoms with van der Waals surface area (Å²) < 4.78 is 5.79. The summed E-state index contributed by atoms with van der Waals surface area (Å²) in [5.74, 6) is 0.480. The van der Waals surface area contributed by atoms with Gasteiger partial charge >= 0.3 is 0 Å². The van der Waals surface area contributed by atoms with Crippen LogP contribution in [0.4, 0.5) is 0 Å². The predicted octanol–water partition coefficient (Wildman–Crippen LogP) is 3.22. The van der Waals surface area contributed by atoms with E-state index in [9.17, 15) is 9.90 Å². The predicted molar refractivity (Wildman–Crippen MR) is 99.9 cm³/mol. The topological polar surface area (TPSA) is 53.0 Å². The van der Waals surface area contributed by atoms with E-state index >= 15 is 0 Å². The number of unbranched alkanes of at least 4 members (excludes halogenated alkanes) is 1. The van der Waals surface area contributed by atoms with E-state index in [1.165, 1.54) is 0 Å². The third-order valence-corrected chi connectivity index (χ3v) is 4.69. The Morgan fingerprint density at radius 1 is 1.20 bits per heavy atom. The molecule has 0 radical (unpaired) electrons. The molecule has 140 valence electrons. The lowest BCUT2D eigenvalue weighted by Crippen LogP contribution is -2.44. The maximum atomic E-state index is 13.1. The van der Waals surface area contributed by atoms with Crippen molar-refractivity contribution in [2.45, 2.75) is 51.7 Å². The van der Waals surface area contributed by atoms with Crippen LogP contribution in [0.25, 0.3) is 0 Å². The van der Waals surface area contributed by atoms with Crippen LogP contribution in [0.1, 0.15) is 61.9 Å². The minimum absolute atomic E-state index is 0.112. The lowest BCUT2D eigenvalue weighted by atomic mass is 9.95. The molecule has 5 nitrogen and oxygen atoms in total. The molecule has 1 amide bonds. The largest absolute Gasteiger partial charge is 0.493 e.